The SMILES string of the molecule is CSCCC(NC(=O)C(CC(=O)C(Cc1ccc(O)cc1)NC(=O)C([NH3+])CCC[NH+]=C(N)N)Cc1cnc[nH]1)C(=O)[O-]. The first-order valence-corrected chi connectivity index (χ1v) is 14.9. The number of carbonyl (C=O) groups excluding carboxylic acids is 4. The van der Waals surface area contributed by atoms with Crippen molar-refractivity contribution >= 4 is 41.3 Å². The number of rotatable bonds is 19. The number of thioether (sulfide) groups is 1. The van der Waals surface area contributed by atoms with E-state index < -0.39 is 47.6 Å². The second-order valence-corrected chi connectivity index (χ2v) is 10.9. The minimum Gasteiger partial charge on any atom is -0.548 e. The number of aliphatic carboxylic acids is 1. The Kier molecular flexibility index (Phi) is 14.3. The van der Waals surface area contributed by atoms with Crippen molar-refractivity contribution in [3.8, 4) is 5.75 Å². The van der Waals surface area contributed by atoms with Gasteiger partial charge in [-0.2, -0.15) is 11.8 Å². The second kappa shape index (κ2) is 17.6. The predicted molar refractivity (Wildman–Crippen MR) is 154 cm³/mol. The van der Waals surface area contributed by atoms with Crippen LogP contribution in [0.2, 0.25) is 0 Å². The minimum atomic E-state index is -1.41. The largest absolute Gasteiger partial charge is 0.548 e. The Bertz CT molecular complexity index is 1190. The molecule has 2 rings (SSSR count). The zero-order valence-corrected chi connectivity index (χ0v) is 24.5. The Morgan fingerprint density at radius 3 is 2.38 bits per heavy atom. The van der Waals surface area contributed by atoms with E-state index in [0.717, 1.165) is 0 Å². The number of nitrogens with zero attached hydrogens (tertiary/aromatic N) is 1. The van der Waals surface area contributed by atoms with E-state index in [2.05, 4.69) is 31.3 Å². The number of quaternary nitrogens is 1. The van der Waals surface area contributed by atoms with Crippen LogP contribution in [0.1, 0.15) is 36.9 Å². The highest BCUT2D eigenvalue weighted by atomic mass is 32.2. The van der Waals surface area contributed by atoms with Gasteiger partial charge in [-0.25, -0.2) is 4.98 Å². The molecule has 1 heterocycles. The van der Waals surface area contributed by atoms with Crippen molar-refractivity contribution in [2.45, 2.75) is 56.7 Å². The van der Waals surface area contributed by atoms with E-state index in [1.54, 1.807) is 12.1 Å². The molecule has 0 spiro atoms. The smallest absolute Gasteiger partial charge is 0.338 e. The number of phenolic OH excluding ortho intramolecular Hbond substituents is 1. The van der Waals surface area contributed by atoms with E-state index in [1.807, 2.05) is 6.26 Å². The van der Waals surface area contributed by atoms with Gasteiger partial charge >= 0.3 is 5.96 Å². The first kappa shape index (κ1) is 34.1. The third kappa shape index (κ3) is 12.2. The fourth-order valence-corrected chi connectivity index (χ4v) is 4.67. The number of nitrogens with one attached hydrogen (secondary N) is 4. The number of ketones is 1. The van der Waals surface area contributed by atoms with Crippen LogP contribution < -0.4 is 37.9 Å². The lowest BCUT2D eigenvalue weighted by atomic mass is 9.90. The van der Waals surface area contributed by atoms with Gasteiger partial charge in [0.2, 0.25) is 5.91 Å². The Morgan fingerprint density at radius 1 is 1.10 bits per heavy atom. The van der Waals surface area contributed by atoms with Crippen molar-refractivity contribution < 1.29 is 40.1 Å². The van der Waals surface area contributed by atoms with Crippen LogP contribution in [0.25, 0.3) is 0 Å². The maximum Gasteiger partial charge on any atom is 0.338 e. The number of nitrogens with two attached hydrogens (primary N) is 2. The lowest BCUT2D eigenvalue weighted by Crippen LogP contribution is -2.78. The number of phenols is 1. The number of hydrogen-bond acceptors (Lipinski definition) is 8. The van der Waals surface area contributed by atoms with Crippen molar-refractivity contribution in [2.24, 2.45) is 17.4 Å². The van der Waals surface area contributed by atoms with Crippen LogP contribution in [0.3, 0.4) is 0 Å². The van der Waals surface area contributed by atoms with Crippen LogP contribution in [-0.4, -0.2) is 81.3 Å². The van der Waals surface area contributed by atoms with Gasteiger partial charge in [-0.05, 0) is 49.0 Å². The lowest BCUT2D eigenvalue weighted by molar-refractivity contribution is -0.463. The highest BCUT2D eigenvalue weighted by Crippen LogP contribution is 2.17. The van der Waals surface area contributed by atoms with Gasteiger partial charge in [0, 0.05) is 31.2 Å². The molecule has 1 aromatic heterocycles. The first-order valence-electron chi connectivity index (χ1n) is 13.5. The van der Waals surface area contributed by atoms with Crippen LogP contribution >= 0.6 is 11.8 Å². The molecule has 4 atom stereocenters. The molecule has 42 heavy (non-hydrogen) atoms. The van der Waals surface area contributed by atoms with Crippen molar-refractivity contribution in [1.29, 1.82) is 0 Å². The Hall–Kier alpha value is -4.11. The summed E-state index contributed by atoms with van der Waals surface area (Å²) in [6.07, 6.45) is 5.80. The molecule has 0 fully saturated rings. The Labute approximate surface area is 248 Å². The quantitative estimate of drug-likeness (QED) is 0.0434. The molecule has 0 aliphatic heterocycles. The first-order chi connectivity index (χ1) is 20.0. The van der Waals surface area contributed by atoms with Gasteiger partial charge in [0.1, 0.15) is 5.75 Å². The van der Waals surface area contributed by atoms with Crippen LogP contribution in [0.4, 0.5) is 0 Å². The van der Waals surface area contributed by atoms with Crippen LogP contribution in [-0.2, 0) is 32.0 Å². The van der Waals surface area contributed by atoms with Crippen LogP contribution in [0, 0.1) is 5.92 Å². The summed E-state index contributed by atoms with van der Waals surface area (Å²) in [4.78, 5) is 61.3. The fraction of sp³-hybridized carbons (Fsp3) is 0.481. The monoisotopic (exact) mass is 605 g/mol. The van der Waals surface area contributed by atoms with E-state index in [9.17, 15) is 29.4 Å². The van der Waals surface area contributed by atoms with E-state index >= 15 is 0 Å². The summed E-state index contributed by atoms with van der Waals surface area (Å²) >= 11 is 1.43. The third-order valence-electron chi connectivity index (χ3n) is 6.56. The molecule has 1 aromatic carbocycles. The van der Waals surface area contributed by atoms with Crippen LogP contribution in [0.15, 0.2) is 36.8 Å². The predicted octanol–water partition coefficient (Wildman–Crippen LogP) is -4.31. The van der Waals surface area contributed by atoms with Crippen molar-refractivity contribution in [2.75, 3.05) is 18.6 Å². The highest BCUT2D eigenvalue weighted by molar-refractivity contribution is 7.98. The number of aromatic hydroxyl groups is 1. The van der Waals surface area contributed by atoms with E-state index in [4.69, 9.17) is 11.5 Å². The molecule has 15 heteroatoms. The number of amides is 2. The fourth-order valence-electron chi connectivity index (χ4n) is 4.19. The molecular formula is C27H41N8O6S+. The molecule has 0 aliphatic carbocycles. The molecule has 0 radical (unpaired) electrons. The summed E-state index contributed by atoms with van der Waals surface area (Å²) in [5, 5.41) is 26.6. The zero-order chi connectivity index (χ0) is 31.1. The average Bonchev–Trinajstić information content (AvgIpc) is 3.46. The van der Waals surface area contributed by atoms with Gasteiger partial charge in [0.15, 0.2) is 11.8 Å². The summed E-state index contributed by atoms with van der Waals surface area (Å²) in [6.45, 7) is 0.450. The molecule has 230 valence electrons. The molecule has 14 nitrogen and oxygen atoms in total. The number of Topliss-reactive ketones (excluding diaryl/α,β-unsaturated/α-hetero) is 1. The standard InChI is InChI=1S/C27H40N8O6S/c1-42-10-8-21(26(40)41)34-24(38)17(12-18-14-31-15-33-18)13-23(37)22(11-16-4-6-19(36)7-5-16)35-25(39)20(28)3-2-9-32-27(29)30/h4-7,14-15,17,20-22,36H,2-3,8-13,28H2,1H3,(H,31,33)(H,34,38)(H,35,39)(H,40,41)(H4,29,30,32)/p+1. The van der Waals surface area contributed by atoms with Crippen molar-refractivity contribution in [3.63, 3.8) is 0 Å². The maximum atomic E-state index is 13.7. The summed E-state index contributed by atoms with van der Waals surface area (Å²) in [7, 11) is 0. The normalized spacial score (nSPS) is 13.8. The molecule has 2 amide bonds. The number of aromatic nitrogens is 2. The number of imidazole rings is 1. The number of carboxylic acids is 1. The van der Waals surface area contributed by atoms with E-state index in [1.165, 1.54) is 36.4 Å². The van der Waals surface area contributed by atoms with Gasteiger partial charge < -0.3 is 36.4 Å². The maximum absolute atomic E-state index is 13.7. The molecule has 0 saturated carbocycles. The summed E-state index contributed by atoms with van der Waals surface area (Å²) in [5.74, 6) is -3.25. The number of aromatic amines is 1. The minimum absolute atomic E-state index is 0.0488. The molecule has 2 aromatic rings. The van der Waals surface area contributed by atoms with Gasteiger partial charge in [0.05, 0.1) is 36.8 Å². The van der Waals surface area contributed by atoms with Gasteiger partial charge in [-0.1, -0.05) is 12.1 Å². The zero-order valence-electron chi connectivity index (χ0n) is 23.6. The summed E-state index contributed by atoms with van der Waals surface area (Å²) < 4.78 is 0. The molecular weight excluding hydrogens is 564 g/mol. The van der Waals surface area contributed by atoms with Gasteiger partial charge in [-0.3, -0.25) is 30.8 Å². The number of hydrogen-bond donors (Lipinski definition) is 8. The van der Waals surface area contributed by atoms with Crippen molar-refractivity contribution in [1.82, 2.24) is 20.6 Å². The number of carboxylic acid groups (broad SMARTS) is 1. The number of carbonyl (C=O) groups is 4. The van der Waals surface area contributed by atoms with E-state index in [-0.39, 0.29) is 37.4 Å². The Morgan fingerprint density at radius 2 is 1.79 bits per heavy atom. The number of guanidine groups is 1. The lowest BCUT2D eigenvalue weighted by Gasteiger charge is -2.25. The third-order valence-corrected chi connectivity index (χ3v) is 7.21. The molecule has 4 unspecified atom stereocenters. The topological polar surface area (TPSA) is 258 Å². The Balaban J connectivity index is 2.23. The average molecular weight is 606 g/mol. The highest BCUT2D eigenvalue weighted by Gasteiger charge is 2.31. The van der Waals surface area contributed by atoms with Gasteiger partial charge in [-0.15, -0.1) is 0 Å². The van der Waals surface area contributed by atoms with Crippen molar-refractivity contribution in [3.05, 3.63) is 48.0 Å². The summed E-state index contributed by atoms with van der Waals surface area (Å²) in [6, 6.07) is 3.30. The number of benzene rings is 1. The molecule has 12 N–H and O–H groups in total. The molecule has 0 aliphatic rings. The van der Waals surface area contributed by atoms with E-state index in [0.29, 0.717) is 36.4 Å². The summed E-state index contributed by atoms with van der Waals surface area (Å²) in [5.41, 5.74) is 15.9. The van der Waals surface area contributed by atoms with Gasteiger partial charge in [0.25, 0.3) is 5.91 Å². The van der Waals surface area contributed by atoms with Crippen LogP contribution in [0.5, 0.6) is 5.75 Å². The number of H-pyrrole nitrogens is 1. The molecule has 0 bridgehead atoms. The molecule has 0 saturated heterocycles. The second-order valence-electron chi connectivity index (χ2n) is 9.96.